The maximum absolute atomic E-state index is 5.31. The first-order valence-corrected chi connectivity index (χ1v) is 5.87. The van der Waals surface area contributed by atoms with Crippen molar-refractivity contribution in [1.29, 1.82) is 0 Å². The average Bonchev–Trinajstić information content (AvgIpc) is 2.41. The molecule has 1 aromatic rings. The molecule has 1 rings (SSSR count). The highest BCUT2D eigenvalue weighted by Gasteiger charge is 2.01. The highest BCUT2D eigenvalue weighted by atomic mass is 79.9. The first-order chi connectivity index (χ1) is 6.24. The second kappa shape index (κ2) is 5.75. The Morgan fingerprint density at radius 3 is 2.85 bits per heavy atom. The SMILES string of the molecule is Cc1sc(CCOCCN)cc1Br. The van der Waals surface area contributed by atoms with Crippen LogP contribution in [0.2, 0.25) is 0 Å². The fraction of sp³-hybridized carbons (Fsp3) is 0.556. The quantitative estimate of drug-likeness (QED) is 0.828. The Kier molecular flexibility index (Phi) is 4.94. The van der Waals surface area contributed by atoms with Crippen molar-refractivity contribution in [2.75, 3.05) is 19.8 Å². The summed E-state index contributed by atoms with van der Waals surface area (Å²) in [5.74, 6) is 0. The minimum atomic E-state index is 0.604. The minimum Gasteiger partial charge on any atom is -0.380 e. The summed E-state index contributed by atoms with van der Waals surface area (Å²) in [5.41, 5.74) is 5.31. The molecule has 0 aliphatic rings. The van der Waals surface area contributed by atoms with E-state index in [4.69, 9.17) is 10.5 Å². The zero-order chi connectivity index (χ0) is 9.68. The van der Waals surface area contributed by atoms with Crippen LogP contribution in [0.4, 0.5) is 0 Å². The summed E-state index contributed by atoms with van der Waals surface area (Å²) in [6, 6.07) is 2.16. The van der Waals surface area contributed by atoms with Gasteiger partial charge in [-0.15, -0.1) is 11.3 Å². The van der Waals surface area contributed by atoms with Crippen LogP contribution in [0.1, 0.15) is 9.75 Å². The molecule has 1 heterocycles. The molecule has 0 fully saturated rings. The van der Waals surface area contributed by atoms with Crippen molar-refractivity contribution in [1.82, 2.24) is 0 Å². The first-order valence-electron chi connectivity index (χ1n) is 4.26. The van der Waals surface area contributed by atoms with Crippen LogP contribution in [0.15, 0.2) is 10.5 Å². The molecule has 0 aliphatic carbocycles. The molecular weight excluding hydrogens is 250 g/mol. The largest absolute Gasteiger partial charge is 0.380 e. The molecule has 2 nitrogen and oxygen atoms in total. The van der Waals surface area contributed by atoms with Crippen LogP contribution in [0.3, 0.4) is 0 Å². The Hall–Kier alpha value is 0.100. The zero-order valence-electron chi connectivity index (χ0n) is 7.68. The predicted molar refractivity (Wildman–Crippen MR) is 60.3 cm³/mol. The van der Waals surface area contributed by atoms with Gasteiger partial charge in [0.05, 0.1) is 13.2 Å². The van der Waals surface area contributed by atoms with Gasteiger partial charge in [-0.1, -0.05) is 0 Å². The molecule has 0 spiro atoms. The molecule has 0 saturated carbocycles. The van der Waals surface area contributed by atoms with Gasteiger partial charge in [-0.2, -0.15) is 0 Å². The maximum Gasteiger partial charge on any atom is 0.0588 e. The van der Waals surface area contributed by atoms with Gasteiger partial charge in [0.2, 0.25) is 0 Å². The van der Waals surface area contributed by atoms with Gasteiger partial charge in [-0.25, -0.2) is 0 Å². The zero-order valence-corrected chi connectivity index (χ0v) is 10.1. The van der Waals surface area contributed by atoms with Crippen molar-refractivity contribution in [3.63, 3.8) is 0 Å². The number of nitrogens with two attached hydrogens (primary N) is 1. The van der Waals surface area contributed by atoms with E-state index < -0.39 is 0 Å². The Morgan fingerprint density at radius 1 is 1.54 bits per heavy atom. The number of thiophene rings is 1. The Morgan fingerprint density at radius 2 is 2.31 bits per heavy atom. The van der Waals surface area contributed by atoms with E-state index >= 15 is 0 Å². The number of ether oxygens (including phenoxy) is 1. The van der Waals surface area contributed by atoms with Crippen LogP contribution >= 0.6 is 27.3 Å². The lowest BCUT2D eigenvalue weighted by molar-refractivity contribution is 0.145. The standard InChI is InChI=1S/C9H14BrNOS/c1-7-9(10)6-8(13-7)2-4-12-5-3-11/h6H,2-5,11H2,1H3. The molecule has 74 valence electrons. The van der Waals surface area contributed by atoms with E-state index in [1.54, 1.807) is 0 Å². The molecular formula is C9H14BrNOS. The Balaban J connectivity index is 2.29. The molecule has 4 heteroatoms. The second-order valence-corrected chi connectivity index (χ2v) is 4.96. The molecule has 0 unspecified atom stereocenters. The topological polar surface area (TPSA) is 35.2 Å². The summed E-state index contributed by atoms with van der Waals surface area (Å²) in [5, 5.41) is 0. The Labute approximate surface area is 91.2 Å². The van der Waals surface area contributed by atoms with E-state index in [2.05, 4.69) is 28.9 Å². The van der Waals surface area contributed by atoms with E-state index in [-0.39, 0.29) is 0 Å². The number of hydrogen-bond donors (Lipinski definition) is 1. The molecule has 1 aromatic heterocycles. The van der Waals surface area contributed by atoms with Gasteiger partial charge in [0.25, 0.3) is 0 Å². The molecule has 2 N–H and O–H groups in total. The van der Waals surface area contributed by atoms with Gasteiger partial charge in [-0.3, -0.25) is 0 Å². The molecule has 0 radical (unpaired) electrons. The molecule has 13 heavy (non-hydrogen) atoms. The average molecular weight is 264 g/mol. The van der Waals surface area contributed by atoms with Crippen LogP contribution in [0.25, 0.3) is 0 Å². The third kappa shape index (κ3) is 3.77. The maximum atomic E-state index is 5.31. The summed E-state index contributed by atoms with van der Waals surface area (Å²) < 4.78 is 6.50. The van der Waals surface area contributed by atoms with E-state index in [0.29, 0.717) is 13.2 Å². The molecule has 0 bridgehead atoms. The molecule has 0 aromatic carbocycles. The molecule has 0 amide bonds. The third-order valence-corrected chi connectivity index (χ3v) is 3.86. The van der Waals surface area contributed by atoms with E-state index in [1.165, 1.54) is 14.2 Å². The smallest absolute Gasteiger partial charge is 0.0588 e. The second-order valence-electron chi connectivity index (χ2n) is 2.77. The van der Waals surface area contributed by atoms with E-state index in [0.717, 1.165) is 13.0 Å². The van der Waals surface area contributed by atoms with Crippen molar-refractivity contribution >= 4 is 27.3 Å². The van der Waals surface area contributed by atoms with Gasteiger partial charge < -0.3 is 10.5 Å². The lowest BCUT2D eigenvalue weighted by atomic mass is 10.3. The van der Waals surface area contributed by atoms with Gasteiger partial charge in [0.1, 0.15) is 0 Å². The van der Waals surface area contributed by atoms with Crippen molar-refractivity contribution in [2.24, 2.45) is 5.73 Å². The number of hydrogen-bond acceptors (Lipinski definition) is 3. The van der Waals surface area contributed by atoms with Gasteiger partial charge >= 0.3 is 0 Å². The van der Waals surface area contributed by atoms with E-state index in [9.17, 15) is 0 Å². The summed E-state index contributed by atoms with van der Waals surface area (Å²) in [6.45, 7) is 4.14. The monoisotopic (exact) mass is 263 g/mol. The summed E-state index contributed by atoms with van der Waals surface area (Å²) in [4.78, 5) is 2.69. The van der Waals surface area contributed by atoms with Crippen molar-refractivity contribution in [2.45, 2.75) is 13.3 Å². The van der Waals surface area contributed by atoms with Crippen LogP contribution in [-0.4, -0.2) is 19.8 Å². The predicted octanol–water partition coefficient (Wildman–Crippen LogP) is 2.34. The van der Waals surface area contributed by atoms with Crippen molar-refractivity contribution in [3.8, 4) is 0 Å². The Bertz CT molecular complexity index is 243. The number of rotatable bonds is 5. The lowest BCUT2D eigenvalue weighted by Crippen LogP contribution is -2.09. The summed E-state index contributed by atoms with van der Waals surface area (Å²) in [7, 11) is 0. The lowest BCUT2D eigenvalue weighted by Gasteiger charge is -1.99. The van der Waals surface area contributed by atoms with Crippen LogP contribution in [0, 0.1) is 6.92 Å². The molecule has 0 aliphatic heterocycles. The summed E-state index contributed by atoms with van der Waals surface area (Å²) >= 11 is 5.30. The highest BCUT2D eigenvalue weighted by Crippen LogP contribution is 2.26. The fourth-order valence-electron chi connectivity index (χ4n) is 0.999. The minimum absolute atomic E-state index is 0.604. The normalized spacial score (nSPS) is 10.7. The van der Waals surface area contributed by atoms with Crippen LogP contribution in [-0.2, 0) is 11.2 Å². The highest BCUT2D eigenvalue weighted by molar-refractivity contribution is 9.10. The van der Waals surface area contributed by atoms with Crippen molar-refractivity contribution < 1.29 is 4.74 Å². The third-order valence-electron chi connectivity index (χ3n) is 1.66. The van der Waals surface area contributed by atoms with Gasteiger partial charge in [-0.05, 0) is 28.9 Å². The summed E-state index contributed by atoms with van der Waals surface area (Å²) in [6.07, 6.45) is 0.983. The first kappa shape index (κ1) is 11.2. The molecule has 0 saturated heterocycles. The number of aryl methyl sites for hydroxylation is 1. The van der Waals surface area contributed by atoms with E-state index in [1.807, 2.05) is 11.3 Å². The fourth-order valence-corrected chi connectivity index (χ4v) is 2.58. The molecule has 0 atom stereocenters. The van der Waals surface area contributed by atoms with Crippen LogP contribution in [0.5, 0.6) is 0 Å². The van der Waals surface area contributed by atoms with Gasteiger partial charge in [0.15, 0.2) is 0 Å². The number of halogens is 1. The van der Waals surface area contributed by atoms with Crippen molar-refractivity contribution in [3.05, 3.63) is 20.3 Å². The van der Waals surface area contributed by atoms with Gasteiger partial charge in [0, 0.05) is 27.2 Å². The van der Waals surface area contributed by atoms with Crippen LogP contribution < -0.4 is 5.73 Å².